The van der Waals surface area contributed by atoms with Gasteiger partial charge in [0.2, 0.25) is 0 Å². The third-order valence-electron chi connectivity index (χ3n) is 3.55. The fraction of sp³-hybridized carbons (Fsp3) is 0.684. The molecule has 0 unspecified atom stereocenters. The zero-order valence-corrected chi connectivity index (χ0v) is 17.6. The van der Waals surface area contributed by atoms with Gasteiger partial charge in [0.05, 0.1) is 0 Å². The van der Waals surface area contributed by atoms with Crippen molar-refractivity contribution in [2.45, 2.75) is 67.7 Å². The van der Waals surface area contributed by atoms with Gasteiger partial charge in [-0.3, -0.25) is 14.4 Å². The Kier molecular flexibility index (Phi) is 9.19. The maximum atomic E-state index is 13.0. The predicted octanol–water partition coefficient (Wildman–Crippen LogP) is 3.51. The van der Waals surface area contributed by atoms with E-state index in [2.05, 4.69) is 6.58 Å². The van der Waals surface area contributed by atoms with E-state index in [1.807, 2.05) is 41.5 Å². The second-order valence-corrected chi connectivity index (χ2v) is 11.2. The monoisotopic (exact) mass is 368 g/mol. The second-order valence-electron chi connectivity index (χ2n) is 7.91. The summed E-state index contributed by atoms with van der Waals surface area (Å²) in [7, 11) is -4.25. The highest BCUT2D eigenvalue weighted by Gasteiger charge is 2.59. The van der Waals surface area contributed by atoms with Gasteiger partial charge in [-0.05, 0) is 24.7 Å². The molecule has 0 bridgehead atoms. The minimum Gasteiger partial charge on any atom is -0.495 e. The lowest BCUT2D eigenvalue weighted by molar-refractivity contribution is -0.137. The largest absolute Gasteiger partial charge is 0.495 e. The summed E-state index contributed by atoms with van der Waals surface area (Å²) in [6, 6.07) is 0. The summed E-state index contributed by atoms with van der Waals surface area (Å²) < 4.78 is 5.44. The second kappa shape index (κ2) is 9.80. The highest BCUT2D eigenvalue weighted by atomic mass is 28.4. The van der Waals surface area contributed by atoms with Gasteiger partial charge in [-0.15, -0.1) is 0 Å². The van der Waals surface area contributed by atoms with E-state index >= 15 is 0 Å². The van der Waals surface area contributed by atoms with Crippen LogP contribution in [0.3, 0.4) is 0 Å². The van der Waals surface area contributed by atoms with Crippen molar-refractivity contribution in [2.24, 2.45) is 17.8 Å². The van der Waals surface area contributed by atoms with Gasteiger partial charge in [0.15, 0.2) is 16.2 Å². The van der Waals surface area contributed by atoms with Crippen LogP contribution < -0.4 is 0 Å². The molecular weight excluding hydrogens is 336 g/mol. The first-order chi connectivity index (χ1) is 11.3. The Morgan fingerprint density at radius 2 is 1.04 bits per heavy atom. The summed E-state index contributed by atoms with van der Waals surface area (Å²) in [6.07, 6.45) is 0.135. The van der Waals surface area contributed by atoms with Gasteiger partial charge in [0.25, 0.3) is 0 Å². The average molecular weight is 369 g/mol. The fourth-order valence-corrected chi connectivity index (χ4v) is 6.22. The molecule has 0 amide bonds. The van der Waals surface area contributed by atoms with Gasteiger partial charge in [-0.2, -0.15) is 0 Å². The van der Waals surface area contributed by atoms with Crippen LogP contribution >= 0.6 is 0 Å². The number of hydrogen-bond acceptors (Lipinski definition) is 5. The van der Waals surface area contributed by atoms with Crippen molar-refractivity contribution in [2.75, 3.05) is 0 Å². The number of rotatable bonds is 11. The Hall–Kier alpha value is -1.56. The minimum absolute atomic E-state index is 0.0402. The van der Waals surface area contributed by atoms with E-state index in [9.17, 15) is 19.2 Å². The molecule has 0 saturated heterocycles. The summed E-state index contributed by atoms with van der Waals surface area (Å²) in [4.78, 5) is 51.2. The van der Waals surface area contributed by atoms with E-state index in [1.54, 1.807) is 0 Å². The maximum absolute atomic E-state index is 13.0. The smallest absolute Gasteiger partial charge is 0.457 e. The lowest BCUT2D eigenvalue weighted by Gasteiger charge is -2.28. The van der Waals surface area contributed by atoms with Gasteiger partial charge in [0.1, 0.15) is 0 Å². The van der Waals surface area contributed by atoms with Crippen molar-refractivity contribution in [3.63, 3.8) is 0 Å². The van der Waals surface area contributed by atoms with Crippen LogP contribution in [0.15, 0.2) is 12.2 Å². The first kappa shape index (κ1) is 23.4. The van der Waals surface area contributed by atoms with Gasteiger partial charge >= 0.3 is 14.3 Å². The van der Waals surface area contributed by atoms with Gasteiger partial charge < -0.3 is 4.43 Å². The van der Waals surface area contributed by atoms with Gasteiger partial charge in [-0.25, -0.2) is 4.79 Å². The molecule has 5 nitrogen and oxygen atoms in total. The fourth-order valence-electron chi connectivity index (χ4n) is 2.41. The topological polar surface area (TPSA) is 77.5 Å². The summed E-state index contributed by atoms with van der Waals surface area (Å²) in [5, 5.41) is -1.52. The molecule has 0 aliphatic heterocycles. The van der Waals surface area contributed by atoms with Crippen LogP contribution in [0.5, 0.6) is 0 Å². The standard InChI is InChI=1S/C19H32O5Si/c1-12(2)9-16(20)25(17(21)10-13(3)4,18(22)11-14(5)6)24-19(23)15(7)8/h12-14H,7,9-11H2,1-6,8H3. The van der Waals surface area contributed by atoms with E-state index in [1.165, 1.54) is 6.92 Å². The molecule has 142 valence electrons. The molecule has 0 saturated carbocycles. The molecule has 0 spiro atoms. The molecular formula is C19H32O5Si. The molecule has 0 radical (unpaired) electrons. The normalized spacial score (nSPS) is 11.8. The van der Waals surface area contributed by atoms with Crippen molar-refractivity contribution >= 4 is 30.5 Å². The number of hydrogen-bond donors (Lipinski definition) is 0. The van der Waals surface area contributed by atoms with Crippen molar-refractivity contribution in [3.8, 4) is 0 Å². The van der Waals surface area contributed by atoms with Crippen molar-refractivity contribution < 1.29 is 23.6 Å². The first-order valence-electron chi connectivity index (χ1n) is 8.83. The molecule has 0 aliphatic carbocycles. The molecule has 6 heteroatoms. The zero-order valence-electron chi connectivity index (χ0n) is 16.6. The van der Waals surface area contributed by atoms with Crippen molar-refractivity contribution in [3.05, 3.63) is 12.2 Å². The highest BCUT2D eigenvalue weighted by molar-refractivity contribution is 7.37. The van der Waals surface area contributed by atoms with E-state index in [0.717, 1.165) is 0 Å². The Morgan fingerprint density at radius 1 is 0.760 bits per heavy atom. The molecule has 0 N–H and O–H groups in total. The molecule has 0 aromatic rings. The van der Waals surface area contributed by atoms with Crippen LogP contribution in [0.2, 0.25) is 0 Å². The third kappa shape index (κ3) is 6.69. The van der Waals surface area contributed by atoms with Crippen LogP contribution in [0.1, 0.15) is 67.7 Å². The Labute approximate surface area is 152 Å². The molecule has 0 rings (SSSR count). The van der Waals surface area contributed by atoms with Gasteiger partial charge in [-0.1, -0.05) is 48.1 Å². The Morgan fingerprint density at radius 3 is 1.24 bits per heavy atom. The highest BCUT2D eigenvalue weighted by Crippen LogP contribution is 2.24. The lowest BCUT2D eigenvalue weighted by Crippen LogP contribution is -2.63. The van der Waals surface area contributed by atoms with Crippen LogP contribution in [0.25, 0.3) is 0 Å². The SMILES string of the molecule is C=C(C)C(=O)O[Si](C(=O)CC(C)C)(C(=O)CC(C)C)C(=O)CC(C)C. The molecule has 0 aromatic heterocycles. The van der Waals surface area contributed by atoms with E-state index < -0.39 is 30.5 Å². The Balaban J connectivity index is 6.22. The lowest BCUT2D eigenvalue weighted by atomic mass is 10.1. The summed E-state index contributed by atoms with van der Waals surface area (Å²) in [5.41, 5.74) is 0.0731. The summed E-state index contributed by atoms with van der Waals surface area (Å²) in [5.74, 6) is -0.956. The van der Waals surface area contributed by atoms with E-state index in [0.29, 0.717) is 0 Å². The average Bonchev–Trinajstić information content (AvgIpc) is 2.41. The third-order valence-corrected chi connectivity index (χ3v) is 7.01. The number of carbonyl (C=O) groups excluding carboxylic acids is 4. The maximum Gasteiger partial charge on any atom is 0.457 e. The van der Waals surface area contributed by atoms with E-state index in [4.69, 9.17) is 4.43 Å². The number of carbonyl (C=O) groups is 4. The van der Waals surface area contributed by atoms with Crippen molar-refractivity contribution in [1.82, 2.24) is 0 Å². The van der Waals surface area contributed by atoms with Crippen LogP contribution in [0, 0.1) is 17.8 Å². The Bertz CT molecular complexity index is 491. The zero-order chi connectivity index (χ0) is 19.9. The molecule has 0 atom stereocenters. The summed E-state index contributed by atoms with van der Waals surface area (Å²) >= 11 is 0. The van der Waals surface area contributed by atoms with Crippen LogP contribution in [-0.4, -0.2) is 30.5 Å². The molecule has 0 aliphatic rings. The predicted molar refractivity (Wildman–Crippen MR) is 100 cm³/mol. The molecule has 25 heavy (non-hydrogen) atoms. The van der Waals surface area contributed by atoms with E-state index in [-0.39, 0.29) is 42.6 Å². The molecule has 0 aromatic carbocycles. The molecule has 0 heterocycles. The minimum atomic E-state index is -4.25. The van der Waals surface area contributed by atoms with Gasteiger partial charge in [0, 0.05) is 24.8 Å². The van der Waals surface area contributed by atoms with Crippen LogP contribution in [-0.2, 0) is 23.6 Å². The first-order valence-corrected chi connectivity index (χ1v) is 10.7. The molecule has 0 fully saturated rings. The summed E-state index contributed by atoms with van der Waals surface area (Å²) in [6.45, 7) is 15.9. The quantitative estimate of drug-likeness (QED) is 0.412. The van der Waals surface area contributed by atoms with Crippen molar-refractivity contribution in [1.29, 1.82) is 0 Å². The van der Waals surface area contributed by atoms with Crippen LogP contribution in [0.4, 0.5) is 0 Å².